The highest BCUT2D eigenvalue weighted by Gasteiger charge is 2.28. The molecular formula is C16H25NO. The van der Waals surface area contributed by atoms with Crippen molar-refractivity contribution < 1.29 is 4.79 Å². The van der Waals surface area contributed by atoms with E-state index in [4.69, 9.17) is 0 Å². The van der Waals surface area contributed by atoms with E-state index in [9.17, 15) is 4.79 Å². The monoisotopic (exact) mass is 247 g/mol. The standard InChI is InChI=1S/C16H25NO/c1-7-16(4,5)15(18)17(6)11-14-9-12(2)8-13(3)10-14/h8-10H,7,11H2,1-6H3. The van der Waals surface area contributed by atoms with Crippen LogP contribution in [0.5, 0.6) is 0 Å². The number of amides is 1. The van der Waals surface area contributed by atoms with Crippen LogP contribution in [-0.4, -0.2) is 17.9 Å². The molecule has 0 spiro atoms. The van der Waals surface area contributed by atoms with Gasteiger partial charge < -0.3 is 4.90 Å². The number of hydrogen-bond acceptors (Lipinski definition) is 1. The van der Waals surface area contributed by atoms with Gasteiger partial charge in [-0.25, -0.2) is 0 Å². The normalized spacial score (nSPS) is 11.4. The molecule has 0 fully saturated rings. The zero-order valence-electron chi connectivity index (χ0n) is 12.5. The number of carbonyl (C=O) groups excluding carboxylic acids is 1. The molecule has 0 N–H and O–H groups in total. The number of rotatable bonds is 4. The summed E-state index contributed by atoms with van der Waals surface area (Å²) in [5.74, 6) is 0.212. The Morgan fingerprint density at radius 3 is 2.11 bits per heavy atom. The molecule has 100 valence electrons. The van der Waals surface area contributed by atoms with E-state index in [0.717, 1.165) is 6.42 Å². The Morgan fingerprint density at radius 2 is 1.67 bits per heavy atom. The van der Waals surface area contributed by atoms with Gasteiger partial charge in [-0.05, 0) is 25.8 Å². The molecule has 0 saturated heterocycles. The first kappa shape index (κ1) is 14.7. The zero-order valence-corrected chi connectivity index (χ0v) is 12.5. The van der Waals surface area contributed by atoms with Crippen LogP contribution >= 0.6 is 0 Å². The molecule has 2 nitrogen and oxygen atoms in total. The molecule has 0 aliphatic heterocycles. The first-order valence-electron chi connectivity index (χ1n) is 6.59. The van der Waals surface area contributed by atoms with Crippen LogP contribution in [0.3, 0.4) is 0 Å². The van der Waals surface area contributed by atoms with Crippen molar-refractivity contribution in [2.75, 3.05) is 7.05 Å². The topological polar surface area (TPSA) is 20.3 Å². The largest absolute Gasteiger partial charge is 0.341 e. The summed E-state index contributed by atoms with van der Waals surface area (Å²) in [6.45, 7) is 10.9. The number of benzene rings is 1. The van der Waals surface area contributed by atoms with Crippen molar-refractivity contribution >= 4 is 5.91 Å². The molecular weight excluding hydrogens is 222 g/mol. The molecule has 0 bridgehead atoms. The Balaban J connectivity index is 2.81. The van der Waals surface area contributed by atoms with Crippen LogP contribution < -0.4 is 0 Å². The van der Waals surface area contributed by atoms with Gasteiger partial charge in [0.1, 0.15) is 0 Å². The average Bonchev–Trinajstić information content (AvgIpc) is 2.26. The maximum atomic E-state index is 12.3. The van der Waals surface area contributed by atoms with Crippen LogP contribution in [-0.2, 0) is 11.3 Å². The molecule has 1 rings (SSSR count). The zero-order chi connectivity index (χ0) is 13.9. The van der Waals surface area contributed by atoms with E-state index in [2.05, 4.69) is 39.0 Å². The molecule has 1 amide bonds. The van der Waals surface area contributed by atoms with Gasteiger partial charge in [-0.1, -0.05) is 50.1 Å². The molecule has 0 radical (unpaired) electrons. The Kier molecular flexibility index (Phi) is 4.55. The van der Waals surface area contributed by atoms with Crippen molar-refractivity contribution in [1.29, 1.82) is 0 Å². The summed E-state index contributed by atoms with van der Waals surface area (Å²) >= 11 is 0. The van der Waals surface area contributed by atoms with Crippen molar-refractivity contribution in [2.24, 2.45) is 5.41 Å². The maximum Gasteiger partial charge on any atom is 0.228 e. The van der Waals surface area contributed by atoms with Gasteiger partial charge in [0.25, 0.3) is 0 Å². The highest BCUT2D eigenvalue weighted by molar-refractivity contribution is 5.81. The van der Waals surface area contributed by atoms with E-state index in [-0.39, 0.29) is 11.3 Å². The summed E-state index contributed by atoms with van der Waals surface area (Å²) in [4.78, 5) is 14.1. The van der Waals surface area contributed by atoms with Crippen molar-refractivity contribution in [2.45, 2.75) is 47.6 Å². The highest BCUT2D eigenvalue weighted by atomic mass is 16.2. The molecule has 0 atom stereocenters. The van der Waals surface area contributed by atoms with E-state index >= 15 is 0 Å². The van der Waals surface area contributed by atoms with Gasteiger partial charge in [0, 0.05) is 19.0 Å². The summed E-state index contributed by atoms with van der Waals surface area (Å²) in [5.41, 5.74) is 3.43. The molecule has 0 heterocycles. The molecule has 2 heteroatoms. The lowest BCUT2D eigenvalue weighted by Crippen LogP contribution is -2.37. The number of nitrogens with zero attached hydrogens (tertiary/aromatic N) is 1. The summed E-state index contributed by atoms with van der Waals surface area (Å²) in [5, 5.41) is 0. The molecule has 1 aromatic carbocycles. The van der Waals surface area contributed by atoms with E-state index in [1.165, 1.54) is 16.7 Å². The number of carbonyl (C=O) groups is 1. The SMILES string of the molecule is CCC(C)(C)C(=O)N(C)Cc1cc(C)cc(C)c1. The van der Waals surface area contributed by atoms with Crippen LogP contribution in [0.25, 0.3) is 0 Å². The quantitative estimate of drug-likeness (QED) is 0.794. The minimum atomic E-state index is -0.270. The molecule has 0 aliphatic rings. The predicted molar refractivity (Wildman–Crippen MR) is 76.5 cm³/mol. The third-order valence-corrected chi connectivity index (χ3v) is 3.51. The smallest absolute Gasteiger partial charge is 0.228 e. The number of aryl methyl sites for hydroxylation is 2. The van der Waals surface area contributed by atoms with Gasteiger partial charge in [-0.2, -0.15) is 0 Å². The van der Waals surface area contributed by atoms with Crippen LogP contribution in [0.15, 0.2) is 18.2 Å². The van der Waals surface area contributed by atoms with Crippen LogP contribution in [0.2, 0.25) is 0 Å². The molecule has 0 aliphatic carbocycles. The van der Waals surface area contributed by atoms with Gasteiger partial charge >= 0.3 is 0 Å². The lowest BCUT2D eigenvalue weighted by molar-refractivity contribution is -0.139. The van der Waals surface area contributed by atoms with Crippen LogP contribution in [0.1, 0.15) is 43.9 Å². The van der Waals surface area contributed by atoms with E-state index in [1.807, 2.05) is 25.8 Å². The van der Waals surface area contributed by atoms with E-state index < -0.39 is 0 Å². The van der Waals surface area contributed by atoms with Gasteiger partial charge in [0.15, 0.2) is 0 Å². The second-order valence-electron chi connectivity index (χ2n) is 5.89. The molecule has 0 aromatic heterocycles. The second kappa shape index (κ2) is 5.55. The average molecular weight is 247 g/mol. The van der Waals surface area contributed by atoms with Crippen molar-refractivity contribution in [3.8, 4) is 0 Å². The van der Waals surface area contributed by atoms with Gasteiger partial charge in [-0.15, -0.1) is 0 Å². The lowest BCUT2D eigenvalue weighted by atomic mass is 9.88. The minimum Gasteiger partial charge on any atom is -0.341 e. The van der Waals surface area contributed by atoms with Crippen molar-refractivity contribution in [3.63, 3.8) is 0 Å². The highest BCUT2D eigenvalue weighted by Crippen LogP contribution is 2.23. The molecule has 1 aromatic rings. The fourth-order valence-corrected chi connectivity index (χ4v) is 2.17. The second-order valence-corrected chi connectivity index (χ2v) is 5.89. The maximum absolute atomic E-state index is 12.3. The Bertz CT molecular complexity index is 414. The summed E-state index contributed by atoms with van der Waals surface area (Å²) in [7, 11) is 1.89. The first-order valence-corrected chi connectivity index (χ1v) is 6.59. The molecule has 18 heavy (non-hydrogen) atoms. The number of hydrogen-bond donors (Lipinski definition) is 0. The molecule has 0 saturated carbocycles. The summed E-state index contributed by atoms with van der Waals surface area (Å²) in [6.07, 6.45) is 0.864. The van der Waals surface area contributed by atoms with E-state index in [0.29, 0.717) is 6.54 Å². The minimum absolute atomic E-state index is 0.212. The summed E-state index contributed by atoms with van der Waals surface area (Å²) in [6, 6.07) is 6.45. The fourth-order valence-electron chi connectivity index (χ4n) is 2.17. The fraction of sp³-hybridized carbons (Fsp3) is 0.562. The third kappa shape index (κ3) is 3.59. The lowest BCUT2D eigenvalue weighted by Gasteiger charge is -2.28. The van der Waals surface area contributed by atoms with Crippen molar-refractivity contribution in [1.82, 2.24) is 4.90 Å². The molecule has 0 unspecified atom stereocenters. The van der Waals surface area contributed by atoms with Gasteiger partial charge in [0.2, 0.25) is 5.91 Å². The Labute approximate surface area is 111 Å². The van der Waals surface area contributed by atoms with Crippen LogP contribution in [0.4, 0.5) is 0 Å². The van der Waals surface area contributed by atoms with E-state index in [1.54, 1.807) is 0 Å². The van der Waals surface area contributed by atoms with Crippen molar-refractivity contribution in [3.05, 3.63) is 34.9 Å². The Hall–Kier alpha value is -1.31. The summed E-state index contributed by atoms with van der Waals surface area (Å²) < 4.78 is 0. The predicted octanol–water partition coefficient (Wildman–Crippen LogP) is 3.70. The van der Waals surface area contributed by atoms with Gasteiger partial charge in [-0.3, -0.25) is 4.79 Å². The third-order valence-electron chi connectivity index (χ3n) is 3.51. The Morgan fingerprint density at radius 1 is 1.17 bits per heavy atom. The van der Waals surface area contributed by atoms with Crippen LogP contribution in [0, 0.1) is 19.3 Å². The first-order chi connectivity index (χ1) is 8.26. The van der Waals surface area contributed by atoms with Gasteiger partial charge in [0.05, 0.1) is 0 Å².